The van der Waals surface area contributed by atoms with Crippen LogP contribution in [0.3, 0.4) is 0 Å². The van der Waals surface area contributed by atoms with Crippen molar-refractivity contribution in [1.29, 1.82) is 0 Å². The summed E-state index contributed by atoms with van der Waals surface area (Å²) >= 11 is 0. The maximum Gasteiger partial charge on any atom is 0.337 e. The van der Waals surface area contributed by atoms with Gasteiger partial charge in [-0.15, -0.1) is 12.4 Å². The van der Waals surface area contributed by atoms with Crippen molar-refractivity contribution in [1.82, 2.24) is 5.32 Å². The zero-order chi connectivity index (χ0) is 16.7. The summed E-state index contributed by atoms with van der Waals surface area (Å²) in [7, 11) is 3.10. The first-order valence-electron chi connectivity index (χ1n) is 7.23. The zero-order valence-corrected chi connectivity index (χ0v) is 15.0. The van der Waals surface area contributed by atoms with Crippen LogP contribution in [0.2, 0.25) is 0 Å². The van der Waals surface area contributed by atoms with Crippen LogP contribution in [0.1, 0.15) is 31.1 Å². The van der Waals surface area contributed by atoms with Gasteiger partial charge in [-0.25, -0.2) is 4.79 Å². The Kier molecular flexibility index (Phi) is 9.29. The summed E-state index contributed by atoms with van der Waals surface area (Å²) in [5.74, 6) is -0.300. The number of anilines is 1. The maximum absolute atomic E-state index is 12.2. The summed E-state index contributed by atoms with van der Waals surface area (Å²) in [6, 6.07) is 4.83. The number of amides is 1. The monoisotopic (exact) mass is 344 g/mol. The molecule has 0 aliphatic heterocycles. The molecule has 1 aromatic carbocycles. The molecule has 1 unspecified atom stereocenters. The standard InChI is InChI=1S/C16H24N2O4.ClH/c1-10(2)22-14-7-6-12(16(20)21-5)8-13(14)18-15(19)11(3)9-17-4;/h6-8,10-11,17H,9H2,1-5H3,(H,18,19);1H. The first-order chi connectivity index (χ1) is 10.4. The molecule has 0 fully saturated rings. The third-order valence-electron chi connectivity index (χ3n) is 2.98. The summed E-state index contributed by atoms with van der Waals surface area (Å²) in [5.41, 5.74) is 0.819. The molecule has 1 rings (SSSR count). The van der Waals surface area contributed by atoms with Gasteiger partial charge in [-0.05, 0) is 39.1 Å². The van der Waals surface area contributed by atoms with Gasteiger partial charge in [0.1, 0.15) is 5.75 Å². The van der Waals surface area contributed by atoms with E-state index in [9.17, 15) is 9.59 Å². The minimum Gasteiger partial charge on any atom is -0.489 e. The van der Waals surface area contributed by atoms with Gasteiger partial charge in [0, 0.05) is 12.5 Å². The fourth-order valence-electron chi connectivity index (χ4n) is 1.88. The summed E-state index contributed by atoms with van der Waals surface area (Å²) in [6.07, 6.45) is -0.0469. The Balaban J connectivity index is 0.00000484. The summed E-state index contributed by atoms with van der Waals surface area (Å²) < 4.78 is 10.4. The van der Waals surface area contributed by atoms with E-state index in [1.165, 1.54) is 7.11 Å². The lowest BCUT2D eigenvalue weighted by Gasteiger charge is -2.17. The van der Waals surface area contributed by atoms with Crippen molar-refractivity contribution >= 4 is 30.0 Å². The van der Waals surface area contributed by atoms with Gasteiger partial charge in [-0.1, -0.05) is 6.92 Å². The number of carbonyl (C=O) groups excluding carboxylic acids is 2. The average Bonchev–Trinajstić information content (AvgIpc) is 2.47. The van der Waals surface area contributed by atoms with E-state index in [1.54, 1.807) is 25.2 Å². The van der Waals surface area contributed by atoms with Gasteiger partial charge in [-0.2, -0.15) is 0 Å². The Morgan fingerprint density at radius 3 is 2.39 bits per heavy atom. The molecule has 0 radical (unpaired) electrons. The molecule has 23 heavy (non-hydrogen) atoms. The number of ether oxygens (including phenoxy) is 2. The molecule has 0 spiro atoms. The predicted molar refractivity (Wildman–Crippen MR) is 92.5 cm³/mol. The van der Waals surface area contributed by atoms with Crippen molar-refractivity contribution in [2.75, 3.05) is 26.0 Å². The summed E-state index contributed by atoms with van der Waals surface area (Å²) in [4.78, 5) is 23.8. The van der Waals surface area contributed by atoms with Crippen LogP contribution in [-0.4, -0.2) is 38.7 Å². The lowest BCUT2D eigenvalue weighted by Crippen LogP contribution is -2.29. The normalized spacial score (nSPS) is 11.4. The van der Waals surface area contributed by atoms with Gasteiger partial charge in [-0.3, -0.25) is 4.79 Å². The molecule has 1 atom stereocenters. The highest BCUT2D eigenvalue weighted by Gasteiger charge is 2.17. The molecule has 2 N–H and O–H groups in total. The molecular weight excluding hydrogens is 320 g/mol. The number of esters is 1. The zero-order valence-electron chi connectivity index (χ0n) is 14.1. The topological polar surface area (TPSA) is 76.7 Å². The number of methoxy groups -OCH3 is 1. The van der Waals surface area contributed by atoms with Crippen LogP contribution in [0.4, 0.5) is 5.69 Å². The van der Waals surface area contributed by atoms with Gasteiger partial charge < -0.3 is 20.1 Å². The molecule has 0 bridgehead atoms. The Morgan fingerprint density at radius 2 is 1.87 bits per heavy atom. The summed E-state index contributed by atoms with van der Waals surface area (Å²) in [5, 5.41) is 5.76. The maximum atomic E-state index is 12.2. The van der Waals surface area contributed by atoms with E-state index in [0.717, 1.165) is 0 Å². The van der Waals surface area contributed by atoms with Crippen LogP contribution in [0.5, 0.6) is 5.75 Å². The third kappa shape index (κ3) is 6.46. The van der Waals surface area contributed by atoms with Crippen molar-refractivity contribution in [3.8, 4) is 5.75 Å². The van der Waals surface area contributed by atoms with Crippen LogP contribution < -0.4 is 15.4 Å². The average molecular weight is 345 g/mol. The van der Waals surface area contributed by atoms with E-state index in [2.05, 4.69) is 10.6 Å². The summed E-state index contributed by atoms with van der Waals surface area (Å²) in [6.45, 7) is 6.16. The molecule has 1 aromatic rings. The first kappa shape index (κ1) is 21.2. The molecule has 0 heterocycles. The number of rotatable bonds is 7. The Hall–Kier alpha value is -1.79. The first-order valence-corrected chi connectivity index (χ1v) is 7.23. The van der Waals surface area contributed by atoms with Crippen molar-refractivity contribution in [3.63, 3.8) is 0 Å². The second-order valence-electron chi connectivity index (χ2n) is 5.32. The molecule has 130 valence electrons. The lowest BCUT2D eigenvalue weighted by atomic mass is 10.1. The number of halogens is 1. The third-order valence-corrected chi connectivity index (χ3v) is 2.98. The van der Waals surface area contributed by atoms with E-state index in [4.69, 9.17) is 9.47 Å². The Morgan fingerprint density at radius 1 is 1.22 bits per heavy atom. The van der Waals surface area contributed by atoms with Crippen LogP contribution in [0, 0.1) is 5.92 Å². The number of hydrogen-bond donors (Lipinski definition) is 2. The van der Waals surface area contributed by atoms with Gasteiger partial charge in [0.05, 0.1) is 24.5 Å². The molecule has 6 nitrogen and oxygen atoms in total. The van der Waals surface area contributed by atoms with Crippen LogP contribution in [0.15, 0.2) is 18.2 Å². The fourth-order valence-corrected chi connectivity index (χ4v) is 1.88. The minimum atomic E-state index is -0.463. The molecule has 1 amide bonds. The SMILES string of the molecule is CNCC(C)C(=O)Nc1cc(C(=O)OC)ccc1OC(C)C.Cl. The molecule has 7 heteroatoms. The Labute approximate surface area is 143 Å². The van der Waals surface area contributed by atoms with Crippen LogP contribution >= 0.6 is 12.4 Å². The number of benzene rings is 1. The van der Waals surface area contributed by atoms with Crippen molar-refractivity contribution in [3.05, 3.63) is 23.8 Å². The van der Waals surface area contributed by atoms with Crippen LogP contribution in [-0.2, 0) is 9.53 Å². The second-order valence-corrected chi connectivity index (χ2v) is 5.32. The highest BCUT2D eigenvalue weighted by atomic mass is 35.5. The molecule has 0 saturated carbocycles. The van der Waals surface area contributed by atoms with E-state index in [0.29, 0.717) is 23.5 Å². The number of hydrogen-bond acceptors (Lipinski definition) is 5. The number of carbonyl (C=O) groups is 2. The van der Waals surface area contributed by atoms with E-state index in [1.807, 2.05) is 20.8 Å². The lowest BCUT2D eigenvalue weighted by molar-refractivity contribution is -0.119. The van der Waals surface area contributed by atoms with E-state index >= 15 is 0 Å². The van der Waals surface area contributed by atoms with E-state index < -0.39 is 5.97 Å². The largest absolute Gasteiger partial charge is 0.489 e. The van der Waals surface area contributed by atoms with Gasteiger partial charge in [0.2, 0.25) is 5.91 Å². The Bertz CT molecular complexity index is 535. The molecule has 0 aromatic heterocycles. The predicted octanol–water partition coefficient (Wildman–Crippen LogP) is 2.48. The molecule has 0 saturated heterocycles. The molecule has 0 aliphatic rings. The van der Waals surface area contributed by atoms with Gasteiger partial charge in [0.25, 0.3) is 0 Å². The highest BCUT2D eigenvalue weighted by Crippen LogP contribution is 2.27. The quantitative estimate of drug-likeness (QED) is 0.743. The molecule has 0 aliphatic carbocycles. The number of nitrogens with one attached hydrogen (secondary N) is 2. The second kappa shape index (κ2) is 10.1. The van der Waals surface area contributed by atoms with Crippen molar-refractivity contribution < 1.29 is 19.1 Å². The van der Waals surface area contributed by atoms with E-state index in [-0.39, 0.29) is 30.3 Å². The molecular formula is C16H25ClN2O4. The van der Waals surface area contributed by atoms with Crippen molar-refractivity contribution in [2.24, 2.45) is 5.92 Å². The minimum absolute atomic E-state index is 0. The fraction of sp³-hybridized carbons (Fsp3) is 0.500. The van der Waals surface area contributed by atoms with Gasteiger partial charge in [0.15, 0.2) is 0 Å². The van der Waals surface area contributed by atoms with Crippen LogP contribution in [0.25, 0.3) is 0 Å². The highest BCUT2D eigenvalue weighted by molar-refractivity contribution is 5.97. The van der Waals surface area contributed by atoms with Crippen molar-refractivity contribution in [2.45, 2.75) is 26.9 Å². The van der Waals surface area contributed by atoms with Gasteiger partial charge >= 0.3 is 5.97 Å². The smallest absolute Gasteiger partial charge is 0.337 e.